The predicted molar refractivity (Wildman–Crippen MR) is 84.4 cm³/mol. The summed E-state index contributed by atoms with van der Waals surface area (Å²) in [6.07, 6.45) is 2.02. The Morgan fingerprint density at radius 3 is 1.95 bits per heavy atom. The molecule has 3 nitrogen and oxygen atoms in total. The SMILES string of the molecule is COCCCCOc1ccc(-c2ccc(CO)cc2)cc1. The Balaban J connectivity index is 1.88. The lowest BCUT2D eigenvalue weighted by molar-refractivity contribution is 0.184. The van der Waals surface area contributed by atoms with Gasteiger partial charge in [-0.05, 0) is 41.7 Å². The van der Waals surface area contributed by atoms with Crippen LogP contribution in [0.2, 0.25) is 0 Å². The molecule has 0 spiro atoms. The molecule has 0 amide bonds. The van der Waals surface area contributed by atoms with Crippen LogP contribution in [0.15, 0.2) is 48.5 Å². The number of aliphatic hydroxyl groups excluding tert-OH is 1. The molecular formula is C18H22O3. The van der Waals surface area contributed by atoms with Crippen LogP contribution in [0.25, 0.3) is 11.1 Å². The first kappa shape index (κ1) is 15.5. The van der Waals surface area contributed by atoms with E-state index in [1.165, 1.54) is 0 Å². The van der Waals surface area contributed by atoms with Crippen LogP contribution >= 0.6 is 0 Å². The molecule has 0 atom stereocenters. The first-order chi connectivity index (χ1) is 10.3. The van der Waals surface area contributed by atoms with Gasteiger partial charge in [0.25, 0.3) is 0 Å². The Bertz CT molecular complexity index is 517. The number of aliphatic hydroxyl groups is 1. The van der Waals surface area contributed by atoms with Gasteiger partial charge in [-0.3, -0.25) is 0 Å². The molecule has 0 saturated carbocycles. The van der Waals surface area contributed by atoms with Gasteiger partial charge in [0.15, 0.2) is 0 Å². The zero-order valence-electron chi connectivity index (χ0n) is 12.4. The summed E-state index contributed by atoms with van der Waals surface area (Å²) in [5, 5.41) is 9.05. The van der Waals surface area contributed by atoms with Crippen molar-refractivity contribution in [1.82, 2.24) is 0 Å². The van der Waals surface area contributed by atoms with Crippen molar-refractivity contribution in [3.63, 3.8) is 0 Å². The molecule has 0 aliphatic rings. The van der Waals surface area contributed by atoms with E-state index < -0.39 is 0 Å². The van der Waals surface area contributed by atoms with Crippen molar-refractivity contribution in [1.29, 1.82) is 0 Å². The zero-order chi connectivity index (χ0) is 14.9. The van der Waals surface area contributed by atoms with Gasteiger partial charge in [-0.25, -0.2) is 0 Å². The fraction of sp³-hybridized carbons (Fsp3) is 0.333. The summed E-state index contributed by atoms with van der Waals surface area (Å²) < 4.78 is 10.7. The summed E-state index contributed by atoms with van der Waals surface area (Å²) in [5.74, 6) is 0.892. The molecule has 112 valence electrons. The molecule has 0 fully saturated rings. The highest BCUT2D eigenvalue weighted by Crippen LogP contribution is 2.23. The summed E-state index contributed by atoms with van der Waals surface area (Å²) in [4.78, 5) is 0. The van der Waals surface area contributed by atoms with Crippen molar-refractivity contribution < 1.29 is 14.6 Å². The van der Waals surface area contributed by atoms with E-state index in [0.717, 1.165) is 41.9 Å². The Kier molecular flexibility index (Phi) is 6.25. The van der Waals surface area contributed by atoms with E-state index in [4.69, 9.17) is 14.6 Å². The van der Waals surface area contributed by atoms with Gasteiger partial charge in [-0.2, -0.15) is 0 Å². The van der Waals surface area contributed by atoms with E-state index in [1.54, 1.807) is 7.11 Å². The number of hydrogen-bond acceptors (Lipinski definition) is 3. The number of ether oxygens (including phenoxy) is 2. The maximum atomic E-state index is 9.05. The minimum Gasteiger partial charge on any atom is -0.494 e. The van der Waals surface area contributed by atoms with Crippen LogP contribution in [-0.2, 0) is 11.3 Å². The fourth-order valence-electron chi connectivity index (χ4n) is 2.08. The van der Waals surface area contributed by atoms with Crippen molar-refractivity contribution >= 4 is 0 Å². The molecule has 0 bridgehead atoms. The average Bonchev–Trinajstić information content (AvgIpc) is 2.55. The van der Waals surface area contributed by atoms with E-state index in [0.29, 0.717) is 6.61 Å². The standard InChI is InChI=1S/C18H22O3/c1-20-12-2-3-13-21-18-10-8-17(9-11-18)16-6-4-15(14-19)5-7-16/h4-11,19H,2-3,12-14H2,1H3. The van der Waals surface area contributed by atoms with Crippen molar-refractivity contribution in [2.75, 3.05) is 20.3 Å². The largest absolute Gasteiger partial charge is 0.494 e. The molecule has 0 radical (unpaired) electrons. The maximum absolute atomic E-state index is 9.05. The van der Waals surface area contributed by atoms with Gasteiger partial charge in [0.1, 0.15) is 5.75 Å². The molecule has 0 aliphatic heterocycles. The molecule has 2 aromatic carbocycles. The third kappa shape index (κ3) is 4.88. The summed E-state index contributed by atoms with van der Waals surface area (Å²) in [6.45, 7) is 1.58. The van der Waals surface area contributed by atoms with Gasteiger partial charge >= 0.3 is 0 Å². The van der Waals surface area contributed by atoms with Crippen LogP contribution in [0.3, 0.4) is 0 Å². The second-order valence-electron chi connectivity index (χ2n) is 4.93. The van der Waals surface area contributed by atoms with Crippen molar-refractivity contribution in [3.8, 4) is 16.9 Å². The molecule has 0 aromatic heterocycles. The fourth-order valence-corrected chi connectivity index (χ4v) is 2.08. The van der Waals surface area contributed by atoms with E-state index in [1.807, 2.05) is 36.4 Å². The number of benzene rings is 2. The summed E-state index contributed by atoms with van der Waals surface area (Å²) in [6, 6.07) is 16.0. The van der Waals surface area contributed by atoms with E-state index in [9.17, 15) is 0 Å². The van der Waals surface area contributed by atoms with Crippen LogP contribution < -0.4 is 4.74 Å². The minimum absolute atomic E-state index is 0.0795. The molecule has 3 heteroatoms. The summed E-state index contributed by atoms with van der Waals surface area (Å²) >= 11 is 0. The third-order valence-electron chi connectivity index (χ3n) is 3.34. The van der Waals surface area contributed by atoms with Gasteiger partial charge in [0.2, 0.25) is 0 Å². The highest BCUT2D eigenvalue weighted by molar-refractivity contribution is 5.64. The van der Waals surface area contributed by atoms with Crippen molar-refractivity contribution in [2.24, 2.45) is 0 Å². The number of methoxy groups -OCH3 is 1. The Hall–Kier alpha value is -1.84. The molecule has 0 heterocycles. The lowest BCUT2D eigenvalue weighted by Crippen LogP contribution is -1.99. The quantitative estimate of drug-likeness (QED) is 0.753. The van der Waals surface area contributed by atoms with Gasteiger partial charge in [0, 0.05) is 13.7 Å². The van der Waals surface area contributed by atoms with E-state index in [2.05, 4.69) is 12.1 Å². The monoisotopic (exact) mass is 286 g/mol. The third-order valence-corrected chi connectivity index (χ3v) is 3.34. The van der Waals surface area contributed by atoms with Crippen LogP contribution in [0.4, 0.5) is 0 Å². The van der Waals surface area contributed by atoms with Gasteiger partial charge < -0.3 is 14.6 Å². The van der Waals surface area contributed by atoms with E-state index >= 15 is 0 Å². The molecule has 2 aromatic rings. The zero-order valence-corrected chi connectivity index (χ0v) is 12.4. The normalized spacial score (nSPS) is 10.6. The Morgan fingerprint density at radius 1 is 0.810 bits per heavy atom. The molecule has 0 aliphatic carbocycles. The van der Waals surface area contributed by atoms with Gasteiger partial charge in [-0.1, -0.05) is 36.4 Å². The highest BCUT2D eigenvalue weighted by Gasteiger charge is 1.99. The second kappa shape index (κ2) is 8.45. The number of rotatable bonds is 8. The van der Waals surface area contributed by atoms with Crippen LogP contribution in [0, 0.1) is 0 Å². The predicted octanol–water partition coefficient (Wildman–Crippen LogP) is 3.65. The molecule has 0 unspecified atom stereocenters. The molecular weight excluding hydrogens is 264 g/mol. The molecule has 1 N–H and O–H groups in total. The lowest BCUT2D eigenvalue weighted by atomic mass is 10.0. The van der Waals surface area contributed by atoms with Crippen molar-refractivity contribution in [3.05, 3.63) is 54.1 Å². The molecule has 21 heavy (non-hydrogen) atoms. The first-order valence-corrected chi connectivity index (χ1v) is 7.25. The smallest absolute Gasteiger partial charge is 0.119 e. The Morgan fingerprint density at radius 2 is 1.38 bits per heavy atom. The van der Waals surface area contributed by atoms with Crippen molar-refractivity contribution in [2.45, 2.75) is 19.4 Å². The topological polar surface area (TPSA) is 38.7 Å². The molecule has 2 rings (SSSR count). The van der Waals surface area contributed by atoms with E-state index in [-0.39, 0.29) is 6.61 Å². The highest BCUT2D eigenvalue weighted by atomic mass is 16.5. The van der Waals surface area contributed by atoms with Crippen LogP contribution in [0.1, 0.15) is 18.4 Å². The summed E-state index contributed by atoms with van der Waals surface area (Å²) in [7, 11) is 1.71. The van der Waals surface area contributed by atoms with Crippen LogP contribution in [0.5, 0.6) is 5.75 Å². The second-order valence-corrected chi connectivity index (χ2v) is 4.93. The maximum Gasteiger partial charge on any atom is 0.119 e. The number of unbranched alkanes of at least 4 members (excludes halogenated alkanes) is 1. The first-order valence-electron chi connectivity index (χ1n) is 7.25. The minimum atomic E-state index is 0.0795. The summed E-state index contributed by atoms with van der Waals surface area (Å²) in [5.41, 5.74) is 3.21. The van der Waals surface area contributed by atoms with Gasteiger partial charge in [0.05, 0.1) is 13.2 Å². The van der Waals surface area contributed by atoms with Crippen LogP contribution in [-0.4, -0.2) is 25.4 Å². The average molecular weight is 286 g/mol. The molecule has 0 saturated heterocycles. The lowest BCUT2D eigenvalue weighted by Gasteiger charge is -2.08. The number of hydrogen-bond donors (Lipinski definition) is 1. The van der Waals surface area contributed by atoms with Gasteiger partial charge in [-0.15, -0.1) is 0 Å². The Labute approximate surface area is 126 Å².